The van der Waals surface area contributed by atoms with Gasteiger partial charge in [0, 0.05) is 17.5 Å². The number of sulfonamides is 1. The molecular weight excluding hydrogens is 250 g/mol. The minimum atomic E-state index is -3.42. The van der Waals surface area contributed by atoms with Crippen LogP contribution in [0.1, 0.15) is 18.4 Å². The molecule has 1 aromatic rings. The molecule has 0 aromatic heterocycles. The molecule has 1 aliphatic carbocycles. The summed E-state index contributed by atoms with van der Waals surface area (Å²) < 4.78 is 26.2. The number of nitrogens with one attached hydrogen (secondary N) is 1. The van der Waals surface area contributed by atoms with Crippen LogP contribution in [0.25, 0.3) is 0 Å². The van der Waals surface area contributed by atoms with E-state index >= 15 is 0 Å². The first-order chi connectivity index (χ1) is 8.56. The van der Waals surface area contributed by atoms with Crippen molar-refractivity contribution in [1.29, 1.82) is 0 Å². The Labute approximate surface area is 106 Å². The zero-order valence-electron chi connectivity index (χ0n) is 9.89. The second kappa shape index (κ2) is 3.80. The van der Waals surface area contributed by atoms with E-state index in [1.165, 1.54) is 0 Å². The van der Waals surface area contributed by atoms with Crippen LogP contribution in [0.2, 0.25) is 0 Å². The van der Waals surface area contributed by atoms with Crippen molar-refractivity contribution in [3.8, 4) is 0 Å². The van der Waals surface area contributed by atoms with Crippen molar-refractivity contribution in [3.63, 3.8) is 0 Å². The molecule has 3 N–H and O–H groups in total. The smallest absolute Gasteiger partial charge is 0.263 e. The molecule has 2 aliphatic rings. The minimum absolute atomic E-state index is 0.107. The summed E-state index contributed by atoms with van der Waals surface area (Å²) in [6.45, 7) is 1.20. The van der Waals surface area contributed by atoms with Crippen LogP contribution in [0.4, 0.5) is 0 Å². The molecular formula is C12H15N3O2S. The fourth-order valence-electron chi connectivity index (χ4n) is 2.10. The SMILES string of the molecule is NCC1(CN=C2NS(=O)(=O)c3ccccc32)CC1. The van der Waals surface area contributed by atoms with Gasteiger partial charge >= 0.3 is 0 Å². The van der Waals surface area contributed by atoms with Crippen LogP contribution in [0.3, 0.4) is 0 Å². The van der Waals surface area contributed by atoms with Gasteiger partial charge in [-0.05, 0) is 31.5 Å². The van der Waals surface area contributed by atoms with Crippen molar-refractivity contribution in [2.75, 3.05) is 13.1 Å². The highest BCUT2D eigenvalue weighted by Gasteiger charge is 2.41. The zero-order valence-corrected chi connectivity index (χ0v) is 10.7. The third-order valence-electron chi connectivity index (χ3n) is 3.63. The van der Waals surface area contributed by atoms with Gasteiger partial charge in [-0.3, -0.25) is 9.71 Å². The van der Waals surface area contributed by atoms with Crippen molar-refractivity contribution in [1.82, 2.24) is 4.72 Å². The van der Waals surface area contributed by atoms with E-state index in [1.54, 1.807) is 18.2 Å². The van der Waals surface area contributed by atoms with Crippen LogP contribution in [0.15, 0.2) is 34.2 Å². The van der Waals surface area contributed by atoms with Crippen LogP contribution in [0.5, 0.6) is 0 Å². The van der Waals surface area contributed by atoms with Crippen molar-refractivity contribution >= 4 is 15.9 Å². The summed E-state index contributed by atoms with van der Waals surface area (Å²) in [7, 11) is -3.42. The van der Waals surface area contributed by atoms with Crippen LogP contribution < -0.4 is 10.5 Å². The number of benzene rings is 1. The fourth-order valence-corrected chi connectivity index (χ4v) is 3.35. The first kappa shape index (κ1) is 11.7. The molecule has 0 radical (unpaired) electrons. The van der Waals surface area contributed by atoms with E-state index in [0.29, 0.717) is 29.4 Å². The lowest BCUT2D eigenvalue weighted by Gasteiger charge is -2.08. The Kier molecular flexibility index (Phi) is 2.46. The Bertz CT molecular complexity index is 618. The van der Waals surface area contributed by atoms with Crippen molar-refractivity contribution in [2.24, 2.45) is 16.1 Å². The quantitative estimate of drug-likeness (QED) is 0.833. The maximum absolute atomic E-state index is 11.9. The van der Waals surface area contributed by atoms with E-state index in [4.69, 9.17) is 5.73 Å². The lowest BCUT2D eigenvalue weighted by molar-refractivity contribution is 0.539. The lowest BCUT2D eigenvalue weighted by Crippen LogP contribution is -2.25. The highest BCUT2D eigenvalue weighted by atomic mass is 32.2. The van der Waals surface area contributed by atoms with E-state index in [-0.39, 0.29) is 5.41 Å². The monoisotopic (exact) mass is 265 g/mol. The molecule has 1 saturated carbocycles. The zero-order chi connectivity index (χ0) is 12.8. The molecule has 96 valence electrons. The number of aliphatic imine (C=N–C) groups is 1. The summed E-state index contributed by atoms with van der Waals surface area (Å²) in [4.78, 5) is 4.72. The Morgan fingerprint density at radius 3 is 2.72 bits per heavy atom. The Balaban J connectivity index is 1.94. The van der Waals surface area contributed by atoms with Gasteiger partial charge < -0.3 is 5.73 Å². The van der Waals surface area contributed by atoms with E-state index < -0.39 is 10.0 Å². The van der Waals surface area contributed by atoms with Gasteiger partial charge in [0.15, 0.2) is 0 Å². The van der Waals surface area contributed by atoms with Crippen LogP contribution >= 0.6 is 0 Å². The van der Waals surface area contributed by atoms with Gasteiger partial charge in [-0.15, -0.1) is 0 Å². The van der Waals surface area contributed by atoms with E-state index in [9.17, 15) is 8.42 Å². The van der Waals surface area contributed by atoms with Crippen LogP contribution in [-0.4, -0.2) is 27.3 Å². The third-order valence-corrected chi connectivity index (χ3v) is 5.02. The van der Waals surface area contributed by atoms with Crippen LogP contribution in [0, 0.1) is 5.41 Å². The fraction of sp³-hybridized carbons (Fsp3) is 0.417. The Morgan fingerprint density at radius 1 is 1.33 bits per heavy atom. The van der Waals surface area contributed by atoms with Gasteiger partial charge in [0.2, 0.25) is 0 Å². The summed E-state index contributed by atoms with van der Waals surface area (Å²) >= 11 is 0. The van der Waals surface area contributed by atoms with Crippen molar-refractivity contribution in [2.45, 2.75) is 17.7 Å². The average Bonchev–Trinajstić information content (AvgIpc) is 3.10. The van der Waals surface area contributed by atoms with Gasteiger partial charge in [-0.25, -0.2) is 8.42 Å². The van der Waals surface area contributed by atoms with Crippen molar-refractivity contribution in [3.05, 3.63) is 29.8 Å². The number of nitrogens with zero attached hydrogens (tertiary/aromatic N) is 1. The molecule has 5 nitrogen and oxygen atoms in total. The summed E-state index contributed by atoms with van der Waals surface area (Å²) in [5.74, 6) is 0.449. The van der Waals surface area contributed by atoms with Gasteiger partial charge in [0.1, 0.15) is 5.84 Å². The first-order valence-corrected chi connectivity index (χ1v) is 7.41. The predicted octanol–water partition coefficient (Wildman–Crippen LogP) is 0.464. The predicted molar refractivity (Wildman–Crippen MR) is 68.9 cm³/mol. The largest absolute Gasteiger partial charge is 0.330 e. The molecule has 1 heterocycles. The average molecular weight is 265 g/mol. The first-order valence-electron chi connectivity index (χ1n) is 5.93. The standard InChI is InChI=1S/C12H15N3O2S/c13-7-12(5-6-12)8-14-11-9-3-1-2-4-10(9)18(16,17)15-11/h1-4H,5-8,13H2,(H,14,15). The van der Waals surface area contributed by atoms with Gasteiger partial charge in [0.25, 0.3) is 10.0 Å². The molecule has 0 unspecified atom stereocenters. The number of fused-ring (bicyclic) bond motifs is 1. The lowest BCUT2D eigenvalue weighted by atomic mass is 10.1. The molecule has 18 heavy (non-hydrogen) atoms. The summed E-state index contributed by atoms with van der Waals surface area (Å²) in [5.41, 5.74) is 6.46. The summed E-state index contributed by atoms with van der Waals surface area (Å²) in [6.07, 6.45) is 2.16. The number of hydrogen-bond acceptors (Lipinski definition) is 4. The Morgan fingerprint density at radius 2 is 2.06 bits per heavy atom. The highest BCUT2D eigenvalue weighted by molar-refractivity contribution is 7.90. The molecule has 3 rings (SSSR count). The van der Waals surface area contributed by atoms with Crippen LogP contribution in [-0.2, 0) is 10.0 Å². The summed E-state index contributed by atoms with van der Waals surface area (Å²) in [5, 5.41) is 0. The number of amidine groups is 1. The molecule has 1 fully saturated rings. The molecule has 1 aliphatic heterocycles. The van der Waals surface area contributed by atoms with E-state index in [2.05, 4.69) is 9.71 Å². The maximum atomic E-state index is 11.9. The van der Waals surface area contributed by atoms with E-state index in [0.717, 1.165) is 12.8 Å². The topological polar surface area (TPSA) is 84.5 Å². The van der Waals surface area contributed by atoms with Gasteiger partial charge in [-0.2, -0.15) is 0 Å². The second-order valence-electron chi connectivity index (χ2n) is 4.97. The molecule has 6 heteroatoms. The van der Waals surface area contributed by atoms with Gasteiger partial charge in [0.05, 0.1) is 4.90 Å². The molecule has 0 atom stereocenters. The third kappa shape index (κ3) is 1.81. The molecule has 1 aromatic carbocycles. The maximum Gasteiger partial charge on any atom is 0.263 e. The second-order valence-corrected chi connectivity index (χ2v) is 6.62. The number of hydrogen-bond donors (Lipinski definition) is 2. The molecule has 0 bridgehead atoms. The minimum Gasteiger partial charge on any atom is -0.330 e. The Hall–Kier alpha value is -1.40. The summed E-state index contributed by atoms with van der Waals surface area (Å²) in [6, 6.07) is 6.89. The molecule has 0 spiro atoms. The van der Waals surface area contributed by atoms with Gasteiger partial charge in [-0.1, -0.05) is 12.1 Å². The number of nitrogens with two attached hydrogens (primary N) is 1. The molecule has 0 amide bonds. The molecule has 0 saturated heterocycles. The highest BCUT2D eigenvalue weighted by Crippen LogP contribution is 2.44. The number of rotatable bonds is 3. The normalized spacial score (nSPS) is 24.6. The van der Waals surface area contributed by atoms with E-state index in [1.807, 2.05) is 6.07 Å². The van der Waals surface area contributed by atoms with Crippen molar-refractivity contribution < 1.29 is 8.42 Å².